The summed E-state index contributed by atoms with van der Waals surface area (Å²) in [5, 5.41) is 0. The molecule has 1 heterocycles. The quantitative estimate of drug-likeness (QED) is 0.502. The predicted molar refractivity (Wildman–Crippen MR) is 65.2 cm³/mol. The smallest absolute Gasteiger partial charge is 0.305 e. The van der Waals surface area contributed by atoms with Gasteiger partial charge in [0.2, 0.25) is 0 Å². The molecule has 0 aliphatic carbocycles. The van der Waals surface area contributed by atoms with E-state index in [9.17, 15) is 13.2 Å². The average molecular weight is 280 g/mol. The third-order valence-electron chi connectivity index (χ3n) is 2.46. The summed E-state index contributed by atoms with van der Waals surface area (Å²) in [5.41, 5.74) is 0. The van der Waals surface area contributed by atoms with E-state index in [0.29, 0.717) is 39.3 Å². The second-order valence-corrected chi connectivity index (χ2v) is 5.57. The van der Waals surface area contributed by atoms with E-state index in [1.165, 1.54) is 4.31 Å². The monoisotopic (exact) mass is 280 g/mol. The SMILES string of the molecule is CCOC(=O)CCCNS(=O)(=O)N1CCOCC1. The molecule has 1 N–H and O–H groups in total. The van der Waals surface area contributed by atoms with Crippen LogP contribution in [0.5, 0.6) is 0 Å². The molecule has 0 aromatic carbocycles. The molecule has 0 aromatic rings. The number of hydrogen-bond donors (Lipinski definition) is 1. The Kier molecular flexibility index (Phi) is 6.55. The Labute approximate surface area is 108 Å². The van der Waals surface area contributed by atoms with Crippen LogP contribution >= 0.6 is 0 Å². The fourth-order valence-electron chi connectivity index (χ4n) is 1.55. The minimum Gasteiger partial charge on any atom is -0.466 e. The summed E-state index contributed by atoms with van der Waals surface area (Å²) in [5.74, 6) is -0.303. The molecule has 7 nitrogen and oxygen atoms in total. The normalized spacial score (nSPS) is 17.6. The summed E-state index contributed by atoms with van der Waals surface area (Å²) in [7, 11) is -3.44. The largest absolute Gasteiger partial charge is 0.466 e. The predicted octanol–water partition coefficient (Wildman–Crippen LogP) is -0.504. The minimum atomic E-state index is -3.44. The highest BCUT2D eigenvalue weighted by Crippen LogP contribution is 2.03. The summed E-state index contributed by atoms with van der Waals surface area (Å²) >= 11 is 0. The lowest BCUT2D eigenvalue weighted by atomic mass is 10.3. The Hall–Kier alpha value is -0.700. The van der Waals surface area contributed by atoms with Crippen molar-refractivity contribution in [2.45, 2.75) is 19.8 Å². The van der Waals surface area contributed by atoms with E-state index >= 15 is 0 Å². The van der Waals surface area contributed by atoms with Gasteiger partial charge >= 0.3 is 5.97 Å². The van der Waals surface area contributed by atoms with Crippen molar-refractivity contribution in [3.8, 4) is 0 Å². The summed E-state index contributed by atoms with van der Waals surface area (Å²) in [4.78, 5) is 11.0. The highest BCUT2D eigenvalue weighted by Gasteiger charge is 2.23. The summed E-state index contributed by atoms with van der Waals surface area (Å²) in [6.07, 6.45) is 0.655. The number of carbonyl (C=O) groups is 1. The number of rotatable bonds is 7. The highest BCUT2D eigenvalue weighted by atomic mass is 32.2. The maximum absolute atomic E-state index is 11.8. The molecule has 0 spiro atoms. The number of ether oxygens (including phenoxy) is 2. The molecular weight excluding hydrogens is 260 g/mol. The third-order valence-corrected chi connectivity index (χ3v) is 4.07. The van der Waals surface area contributed by atoms with Crippen LogP contribution in [0.4, 0.5) is 0 Å². The van der Waals surface area contributed by atoms with Crippen LogP contribution < -0.4 is 4.72 Å². The van der Waals surface area contributed by atoms with Gasteiger partial charge in [0.15, 0.2) is 0 Å². The first-order chi connectivity index (χ1) is 8.56. The van der Waals surface area contributed by atoms with Gasteiger partial charge in [-0.2, -0.15) is 12.7 Å². The lowest BCUT2D eigenvalue weighted by Gasteiger charge is -2.26. The second kappa shape index (κ2) is 7.67. The first kappa shape index (κ1) is 15.4. The van der Waals surface area contributed by atoms with Crippen molar-refractivity contribution < 1.29 is 22.7 Å². The number of carbonyl (C=O) groups excluding carboxylic acids is 1. The molecule has 18 heavy (non-hydrogen) atoms. The zero-order valence-corrected chi connectivity index (χ0v) is 11.4. The molecule has 0 amide bonds. The maximum atomic E-state index is 11.8. The van der Waals surface area contributed by atoms with Gasteiger partial charge < -0.3 is 9.47 Å². The molecular formula is C10H20N2O5S. The van der Waals surface area contributed by atoms with Gasteiger partial charge in [0.25, 0.3) is 10.2 Å². The van der Waals surface area contributed by atoms with Gasteiger partial charge in [-0.3, -0.25) is 4.79 Å². The fourth-order valence-corrected chi connectivity index (χ4v) is 2.76. The molecule has 1 saturated heterocycles. The van der Waals surface area contributed by atoms with Crippen molar-refractivity contribution in [1.29, 1.82) is 0 Å². The highest BCUT2D eigenvalue weighted by molar-refractivity contribution is 7.87. The van der Waals surface area contributed by atoms with Crippen LogP contribution in [0.1, 0.15) is 19.8 Å². The van der Waals surface area contributed by atoms with Crippen LogP contribution in [0, 0.1) is 0 Å². The molecule has 1 aliphatic heterocycles. The Morgan fingerprint density at radius 3 is 2.67 bits per heavy atom. The number of hydrogen-bond acceptors (Lipinski definition) is 5. The van der Waals surface area contributed by atoms with E-state index in [2.05, 4.69) is 4.72 Å². The van der Waals surface area contributed by atoms with Gasteiger partial charge in [0, 0.05) is 26.1 Å². The summed E-state index contributed by atoms with van der Waals surface area (Å²) in [6, 6.07) is 0. The van der Waals surface area contributed by atoms with Gasteiger partial charge in [-0.1, -0.05) is 0 Å². The van der Waals surface area contributed by atoms with Gasteiger partial charge in [0.05, 0.1) is 19.8 Å². The van der Waals surface area contributed by atoms with Gasteiger partial charge in [-0.15, -0.1) is 0 Å². The Morgan fingerprint density at radius 2 is 2.06 bits per heavy atom. The summed E-state index contributed by atoms with van der Waals surface area (Å²) in [6.45, 7) is 3.89. The van der Waals surface area contributed by atoms with Gasteiger partial charge in [-0.05, 0) is 13.3 Å². The Balaban J connectivity index is 2.22. The van der Waals surface area contributed by atoms with E-state index in [-0.39, 0.29) is 18.9 Å². The van der Waals surface area contributed by atoms with Crippen molar-refractivity contribution in [2.75, 3.05) is 39.5 Å². The zero-order valence-electron chi connectivity index (χ0n) is 10.6. The average Bonchev–Trinajstić information content (AvgIpc) is 2.36. The lowest BCUT2D eigenvalue weighted by Crippen LogP contribution is -2.46. The van der Waals surface area contributed by atoms with Crippen molar-refractivity contribution in [2.24, 2.45) is 0 Å². The molecule has 106 valence electrons. The third kappa shape index (κ3) is 5.30. The van der Waals surface area contributed by atoms with E-state index < -0.39 is 10.2 Å². The van der Waals surface area contributed by atoms with Crippen LogP contribution in [-0.2, 0) is 24.5 Å². The molecule has 0 atom stereocenters. The standard InChI is InChI=1S/C10H20N2O5S/c1-2-17-10(13)4-3-5-11-18(14,15)12-6-8-16-9-7-12/h11H,2-9H2,1H3. The molecule has 0 radical (unpaired) electrons. The van der Waals surface area contributed by atoms with Crippen LogP contribution in [0.3, 0.4) is 0 Å². The molecule has 0 bridgehead atoms. The Bertz CT molecular complexity index is 351. The number of nitrogens with zero attached hydrogens (tertiary/aromatic N) is 1. The van der Waals surface area contributed by atoms with E-state index in [4.69, 9.17) is 9.47 Å². The fraction of sp³-hybridized carbons (Fsp3) is 0.900. The second-order valence-electron chi connectivity index (χ2n) is 3.82. The van der Waals surface area contributed by atoms with Crippen molar-refractivity contribution in [3.05, 3.63) is 0 Å². The summed E-state index contributed by atoms with van der Waals surface area (Å²) < 4.78 is 37.2. The number of nitrogens with one attached hydrogen (secondary N) is 1. The lowest BCUT2D eigenvalue weighted by molar-refractivity contribution is -0.143. The van der Waals surface area contributed by atoms with E-state index in [1.807, 2.05) is 0 Å². The van der Waals surface area contributed by atoms with Crippen LogP contribution in [0.25, 0.3) is 0 Å². The topological polar surface area (TPSA) is 84.9 Å². The molecule has 1 aliphatic rings. The molecule has 1 fully saturated rings. The van der Waals surface area contributed by atoms with Crippen LogP contribution in [-0.4, -0.2) is 58.1 Å². The van der Waals surface area contributed by atoms with Crippen LogP contribution in [0.2, 0.25) is 0 Å². The number of esters is 1. The minimum absolute atomic E-state index is 0.222. The Morgan fingerprint density at radius 1 is 1.39 bits per heavy atom. The van der Waals surface area contributed by atoms with E-state index in [1.54, 1.807) is 6.92 Å². The zero-order chi connectivity index (χ0) is 13.4. The molecule has 8 heteroatoms. The first-order valence-electron chi connectivity index (χ1n) is 6.04. The van der Waals surface area contributed by atoms with Gasteiger partial charge in [0.1, 0.15) is 0 Å². The van der Waals surface area contributed by atoms with Crippen molar-refractivity contribution in [3.63, 3.8) is 0 Å². The van der Waals surface area contributed by atoms with E-state index in [0.717, 1.165) is 0 Å². The maximum Gasteiger partial charge on any atom is 0.305 e. The van der Waals surface area contributed by atoms with Crippen LogP contribution in [0.15, 0.2) is 0 Å². The van der Waals surface area contributed by atoms with Crippen molar-refractivity contribution in [1.82, 2.24) is 9.03 Å². The molecule has 0 aromatic heterocycles. The molecule has 1 rings (SSSR count). The molecule has 0 saturated carbocycles. The molecule has 0 unspecified atom stereocenters. The van der Waals surface area contributed by atoms with Crippen molar-refractivity contribution >= 4 is 16.2 Å². The van der Waals surface area contributed by atoms with Gasteiger partial charge in [-0.25, -0.2) is 4.72 Å². The number of morpholine rings is 1. The first-order valence-corrected chi connectivity index (χ1v) is 7.48.